The number of halogens is 3. The molecule has 2 aromatic rings. The van der Waals surface area contributed by atoms with Crippen molar-refractivity contribution in [2.75, 3.05) is 25.0 Å². The van der Waals surface area contributed by atoms with Crippen molar-refractivity contribution >= 4 is 28.5 Å². The summed E-state index contributed by atoms with van der Waals surface area (Å²) in [4.78, 5) is 27.7. The quantitative estimate of drug-likeness (QED) is 0.616. The number of furan rings is 1. The molecule has 1 aliphatic heterocycles. The lowest BCUT2D eigenvalue weighted by Gasteiger charge is -2.32. The van der Waals surface area contributed by atoms with Gasteiger partial charge in [0.2, 0.25) is 0 Å². The number of rotatable bonds is 4. The number of anilines is 1. The Bertz CT molecular complexity index is 846. The molecule has 0 unspecified atom stereocenters. The van der Waals surface area contributed by atoms with Gasteiger partial charge in [0.05, 0.1) is 11.2 Å². The van der Waals surface area contributed by atoms with Gasteiger partial charge in [0.15, 0.2) is 11.3 Å². The number of amides is 2. The van der Waals surface area contributed by atoms with Gasteiger partial charge in [-0.1, -0.05) is 0 Å². The summed E-state index contributed by atoms with van der Waals surface area (Å²) in [7, 11) is 0. The molecule has 9 nitrogen and oxygen atoms in total. The highest BCUT2D eigenvalue weighted by molar-refractivity contribution is 5.91. The number of carbonyl (C=O) groups excluding carboxylic acids is 1. The van der Waals surface area contributed by atoms with Crippen molar-refractivity contribution in [3.63, 3.8) is 0 Å². The monoisotopic (exact) mass is 387 g/mol. The van der Waals surface area contributed by atoms with Gasteiger partial charge in [-0.05, 0) is 12.8 Å². The van der Waals surface area contributed by atoms with E-state index in [2.05, 4.69) is 10.3 Å². The van der Waals surface area contributed by atoms with E-state index >= 15 is 0 Å². The molecule has 27 heavy (non-hydrogen) atoms. The molecule has 2 aromatic heterocycles. The van der Waals surface area contributed by atoms with Gasteiger partial charge >= 0.3 is 17.9 Å². The highest BCUT2D eigenvalue weighted by atomic mass is 19.4. The molecule has 2 amide bonds. The van der Waals surface area contributed by atoms with E-state index < -0.39 is 23.7 Å². The number of pyridine rings is 1. The predicted molar refractivity (Wildman–Crippen MR) is 88.3 cm³/mol. The Labute approximate surface area is 150 Å². The first-order valence-corrected chi connectivity index (χ1v) is 8.11. The topological polar surface area (TPSA) is 114 Å². The first-order valence-electron chi connectivity index (χ1n) is 8.11. The maximum Gasteiger partial charge on any atom is 0.405 e. The molecule has 3 heterocycles. The Balaban J connectivity index is 1.64. The number of nitrogens with zero attached hydrogens (tertiary/aromatic N) is 3. The largest absolute Gasteiger partial charge is 0.460 e. The molecule has 1 aliphatic rings. The van der Waals surface area contributed by atoms with Crippen LogP contribution in [0.15, 0.2) is 22.9 Å². The molecule has 0 atom stereocenters. The fraction of sp³-hybridized carbons (Fsp3) is 0.467. The number of nitro groups is 1. The Hall–Kier alpha value is -3.05. The zero-order valence-electron chi connectivity index (χ0n) is 14.0. The second-order valence-corrected chi connectivity index (χ2v) is 6.09. The van der Waals surface area contributed by atoms with Gasteiger partial charge < -0.3 is 20.0 Å². The first-order chi connectivity index (χ1) is 12.7. The summed E-state index contributed by atoms with van der Waals surface area (Å²) in [5.74, 6) is 0. The molecular weight excluding hydrogens is 371 g/mol. The smallest absolute Gasteiger partial charge is 0.405 e. The zero-order valence-corrected chi connectivity index (χ0v) is 14.0. The van der Waals surface area contributed by atoms with Gasteiger partial charge in [-0.2, -0.15) is 13.2 Å². The number of aromatic nitrogens is 1. The van der Waals surface area contributed by atoms with Crippen LogP contribution in [0.3, 0.4) is 0 Å². The number of carbonyl (C=O) groups is 1. The van der Waals surface area contributed by atoms with Crippen molar-refractivity contribution in [2.24, 2.45) is 0 Å². The third-order valence-electron chi connectivity index (χ3n) is 4.22. The number of urea groups is 1. The Morgan fingerprint density at radius 2 is 2.11 bits per heavy atom. The van der Waals surface area contributed by atoms with Crippen molar-refractivity contribution in [3.05, 3.63) is 28.6 Å². The van der Waals surface area contributed by atoms with Gasteiger partial charge in [0, 0.05) is 25.2 Å². The molecular formula is C15H16F3N5O4. The molecule has 12 heteroatoms. The summed E-state index contributed by atoms with van der Waals surface area (Å²) >= 11 is 0. The second-order valence-electron chi connectivity index (χ2n) is 6.09. The fourth-order valence-corrected chi connectivity index (χ4v) is 2.90. The van der Waals surface area contributed by atoms with Crippen molar-refractivity contribution in [2.45, 2.75) is 25.1 Å². The van der Waals surface area contributed by atoms with E-state index in [0.29, 0.717) is 18.4 Å². The van der Waals surface area contributed by atoms with Gasteiger partial charge in [0.1, 0.15) is 18.3 Å². The second kappa shape index (κ2) is 7.29. The highest BCUT2D eigenvalue weighted by Gasteiger charge is 2.31. The van der Waals surface area contributed by atoms with Crippen molar-refractivity contribution in [3.8, 4) is 0 Å². The van der Waals surface area contributed by atoms with E-state index in [1.165, 1.54) is 11.2 Å². The molecule has 0 saturated carbocycles. The first kappa shape index (κ1) is 18.7. The van der Waals surface area contributed by atoms with Crippen molar-refractivity contribution in [1.29, 1.82) is 0 Å². The zero-order chi connectivity index (χ0) is 19.6. The predicted octanol–water partition coefficient (Wildman–Crippen LogP) is 2.88. The molecule has 1 saturated heterocycles. The third kappa shape index (κ3) is 4.38. The molecule has 0 aliphatic carbocycles. The molecule has 0 radical (unpaired) electrons. The summed E-state index contributed by atoms with van der Waals surface area (Å²) in [6.07, 6.45) is -1.12. The summed E-state index contributed by atoms with van der Waals surface area (Å²) in [6, 6.07) is 0.595. The normalized spacial score (nSPS) is 15.7. The number of fused-ring (bicyclic) bond motifs is 1. The molecule has 3 rings (SSSR count). The van der Waals surface area contributed by atoms with Crippen LogP contribution in [0.5, 0.6) is 0 Å². The molecule has 2 N–H and O–H groups in total. The molecule has 0 spiro atoms. The Kier molecular flexibility index (Phi) is 5.06. The van der Waals surface area contributed by atoms with Crippen LogP contribution in [-0.2, 0) is 0 Å². The van der Waals surface area contributed by atoms with Crippen LogP contribution in [0, 0.1) is 10.1 Å². The number of piperidine rings is 1. The minimum absolute atomic E-state index is 0.203. The SMILES string of the molecule is O=C(NCC(F)(F)F)N1CCC(Nc2c([N+](=O)[O-])cnc3ccoc23)CC1. The molecule has 1 fully saturated rings. The highest BCUT2D eigenvalue weighted by Crippen LogP contribution is 2.33. The van der Waals surface area contributed by atoms with Crippen LogP contribution in [0.1, 0.15) is 12.8 Å². The number of nitrogens with one attached hydrogen (secondary N) is 2. The van der Waals surface area contributed by atoms with E-state index in [-0.39, 0.29) is 36.1 Å². The van der Waals surface area contributed by atoms with Crippen LogP contribution in [0.25, 0.3) is 11.1 Å². The van der Waals surface area contributed by atoms with E-state index in [1.807, 2.05) is 5.32 Å². The van der Waals surface area contributed by atoms with Gasteiger partial charge in [-0.15, -0.1) is 0 Å². The average molecular weight is 387 g/mol. The van der Waals surface area contributed by atoms with Gasteiger partial charge in [0.25, 0.3) is 0 Å². The summed E-state index contributed by atoms with van der Waals surface area (Å²) in [5, 5.41) is 16.1. The van der Waals surface area contributed by atoms with E-state index in [4.69, 9.17) is 4.42 Å². The summed E-state index contributed by atoms with van der Waals surface area (Å²) in [5.41, 5.74) is 0.694. The minimum atomic E-state index is -4.47. The van der Waals surface area contributed by atoms with E-state index in [9.17, 15) is 28.1 Å². The van der Waals surface area contributed by atoms with Gasteiger partial charge in [-0.3, -0.25) is 10.1 Å². The number of likely N-dealkylation sites (tertiary alicyclic amines) is 1. The lowest BCUT2D eigenvalue weighted by atomic mass is 10.0. The fourth-order valence-electron chi connectivity index (χ4n) is 2.90. The number of hydrogen-bond donors (Lipinski definition) is 2. The Morgan fingerprint density at radius 3 is 2.74 bits per heavy atom. The van der Waals surface area contributed by atoms with Crippen LogP contribution in [0.2, 0.25) is 0 Å². The van der Waals surface area contributed by atoms with E-state index in [0.717, 1.165) is 6.20 Å². The maximum atomic E-state index is 12.2. The van der Waals surface area contributed by atoms with Crippen LogP contribution >= 0.6 is 0 Å². The lowest BCUT2D eigenvalue weighted by molar-refractivity contribution is -0.384. The van der Waals surface area contributed by atoms with Crippen molar-refractivity contribution in [1.82, 2.24) is 15.2 Å². The molecule has 146 valence electrons. The summed E-state index contributed by atoms with van der Waals surface area (Å²) < 4.78 is 41.8. The van der Waals surface area contributed by atoms with Gasteiger partial charge in [-0.25, -0.2) is 9.78 Å². The van der Waals surface area contributed by atoms with E-state index in [1.54, 1.807) is 6.07 Å². The average Bonchev–Trinajstić information content (AvgIpc) is 3.09. The van der Waals surface area contributed by atoms with Crippen molar-refractivity contribution < 1.29 is 27.3 Å². The maximum absolute atomic E-state index is 12.2. The molecule has 0 bridgehead atoms. The standard InChI is InChI=1S/C15H16F3N5O4/c16-15(17,18)8-20-14(24)22-4-1-9(2-5-22)21-12-11(23(25)26)7-19-10-3-6-27-13(10)12/h3,6-7,9H,1-2,4-5,8H2,(H,19,21)(H,20,24). The van der Waals surface area contributed by atoms with Crippen LogP contribution in [-0.4, -0.2) is 52.7 Å². The number of hydrogen-bond acceptors (Lipinski definition) is 6. The lowest BCUT2D eigenvalue weighted by Crippen LogP contribution is -2.48. The Morgan fingerprint density at radius 1 is 1.41 bits per heavy atom. The minimum Gasteiger partial charge on any atom is -0.460 e. The van der Waals surface area contributed by atoms with Crippen LogP contribution < -0.4 is 10.6 Å². The molecule has 0 aromatic carbocycles. The third-order valence-corrected chi connectivity index (χ3v) is 4.22. The number of alkyl halides is 3. The van der Waals surface area contributed by atoms with Crippen LogP contribution in [0.4, 0.5) is 29.3 Å². The summed E-state index contributed by atoms with van der Waals surface area (Å²) in [6.45, 7) is -0.938.